The molecule has 0 atom stereocenters. The fourth-order valence-corrected chi connectivity index (χ4v) is 4.15. The van der Waals surface area contributed by atoms with Gasteiger partial charge in [-0.05, 0) is 51.4 Å². The molecule has 4 heteroatoms. The van der Waals surface area contributed by atoms with Gasteiger partial charge in [0.1, 0.15) is 11.5 Å². The highest BCUT2D eigenvalue weighted by Gasteiger charge is 2.32. The van der Waals surface area contributed by atoms with E-state index in [1.807, 2.05) is 43.3 Å². The highest BCUT2D eigenvalue weighted by molar-refractivity contribution is 6.23. The zero-order valence-corrected chi connectivity index (χ0v) is 16.0. The molecule has 1 aliphatic heterocycles. The molecule has 0 unspecified atom stereocenters. The Labute approximate surface area is 161 Å². The number of fused-ring (bicyclic) bond motifs is 3. The zero-order valence-electron chi connectivity index (χ0n) is 16.0. The molecule has 2 aromatic rings. The van der Waals surface area contributed by atoms with Gasteiger partial charge in [0.2, 0.25) is 0 Å². The lowest BCUT2D eigenvalue weighted by molar-refractivity contribution is 0.104. The van der Waals surface area contributed by atoms with Crippen LogP contribution < -0.4 is 9.47 Å². The first-order chi connectivity index (χ1) is 13.3. The molecule has 1 aliphatic carbocycles. The molecule has 0 amide bonds. The van der Waals surface area contributed by atoms with Crippen molar-refractivity contribution in [3.63, 3.8) is 0 Å². The summed E-state index contributed by atoms with van der Waals surface area (Å²) in [5.74, 6) is 1.59. The second-order valence-corrected chi connectivity index (χ2v) is 7.22. The van der Waals surface area contributed by atoms with Crippen LogP contribution in [-0.4, -0.2) is 43.5 Å². The zero-order chi connectivity index (χ0) is 18.6. The van der Waals surface area contributed by atoms with Gasteiger partial charge in [-0.1, -0.05) is 30.7 Å². The Kier molecular flexibility index (Phi) is 5.44. The smallest absolute Gasteiger partial charge is 0.194 e. The maximum absolute atomic E-state index is 12.8. The molecule has 0 saturated carbocycles. The second-order valence-electron chi connectivity index (χ2n) is 7.22. The van der Waals surface area contributed by atoms with Crippen molar-refractivity contribution in [1.82, 2.24) is 4.90 Å². The number of hydrogen-bond acceptors (Lipinski definition) is 4. The standard InChI is InChI=1S/C23H27NO3/c1-2-26-19-11-6-9-17-21(19)22-18(23(17)25)10-7-12-20(22)27-16-8-15-24-13-4-3-5-14-24/h6-7,9-12H,2-5,8,13-16H2,1H3. The topological polar surface area (TPSA) is 38.8 Å². The van der Waals surface area contributed by atoms with Crippen LogP contribution in [0.5, 0.6) is 11.5 Å². The van der Waals surface area contributed by atoms with Gasteiger partial charge < -0.3 is 14.4 Å². The van der Waals surface area contributed by atoms with E-state index in [0.29, 0.717) is 24.3 Å². The summed E-state index contributed by atoms with van der Waals surface area (Å²) in [6.45, 7) is 6.68. The van der Waals surface area contributed by atoms with Crippen molar-refractivity contribution in [1.29, 1.82) is 0 Å². The van der Waals surface area contributed by atoms with Crippen molar-refractivity contribution in [2.45, 2.75) is 32.6 Å². The first kappa shape index (κ1) is 18.1. The Morgan fingerprint density at radius 2 is 1.52 bits per heavy atom. The molecular formula is C23H27NO3. The number of nitrogens with zero attached hydrogens (tertiary/aromatic N) is 1. The molecule has 0 spiro atoms. The van der Waals surface area contributed by atoms with Crippen LogP contribution in [0.4, 0.5) is 0 Å². The first-order valence-electron chi connectivity index (χ1n) is 10.1. The minimum absolute atomic E-state index is 0.0559. The Balaban J connectivity index is 1.52. The third-order valence-electron chi connectivity index (χ3n) is 5.42. The molecular weight excluding hydrogens is 338 g/mol. The molecule has 4 rings (SSSR count). The molecule has 0 aromatic heterocycles. The second kappa shape index (κ2) is 8.13. The molecule has 2 aromatic carbocycles. The lowest BCUT2D eigenvalue weighted by Gasteiger charge is -2.26. The van der Waals surface area contributed by atoms with Crippen LogP contribution in [0.15, 0.2) is 36.4 Å². The summed E-state index contributed by atoms with van der Waals surface area (Å²) in [5, 5.41) is 0. The molecule has 0 N–H and O–H groups in total. The van der Waals surface area contributed by atoms with Gasteiger partial charge in [0.05, 0.1) is 13.2 Å². The molecule has 1 heterocycles. The van der Waals surface area contributed by atoms with Gasteiger partial charge in [0, 0.05) is 28.8 Å². The molecule has 1 fully saturated rings. The summed E-state index contributed by atoms with van der Waals surface area (Å²) in [7, 11) is 0. The van der Waals surface area contributed by atoms with Crippen molar-refractivity contribution in [2.75, 3.05) is 32.8 Å². The highest BCUT2D eigenvalue weighted by atomic mass is 16.5. The van der Waals surface area contributed by atoms with Crippen LogP contribution in [0.3, 0.4) is 0 Å². The molecule has 142 valence electrons. The first-order valence-corrected chi connectivity index (χ1v) is 10.1. The number of likely N-dealkylation sites (tertiary alicyclic amines) is 1. The summed E-state index contributed by atoms with van der Waals surface area (Å²) in [4.78, 5) is 15.3. The number of ketones is 1. The van der Waals surface area contributed by atoms with Crippen LogP contribution in [0.25, 0.3) is 11.1 Å². The van der Waals surface area contributed by atoms with Gasteiger partial charge in [0.25, 0.3) is 0 Å². The van der Waals surface area contributed by atoms with Crippen molar-refractivity contribution in [3.8, 4) is 22.6 Å². The maximum atomic E-state index is 12.8. The molecule has 0 bridgehead atoms. The van der Waals surface area contributed by atoms with E-state index in [0.717, 1.165) is 35.6 Å². The van der Waals surface area contributed by atoms with Crippen molar-refractivity contribution in [3.05, 3.63) is 47.5 Å². The van der Waals surface area contributed by atoms with E-state index in [9.17, 15) is 4.79 Å². The van der Waals surface area contributed by atoms with E-state index >= 15 is 0 Å². The maximum Gasteiger partial charge on any atom is 0.194 e. The predicted octanol–water partition coefficient (Wildman–Crippen LogP) is 4.55. The largest absolute Gasteiger partial charge is 0.493 e. The highest BCUT2D eigenvalue weighted by Crippen LogP contribution is 2.47. The quantitative estimate of drug-likeness (QED) is 0.576. The summed E-state index contributed by atoms with van der Waals surface area (Å²) in [5.41, 5.74) is 3.19. The van der Waals surface area contributed by atoms with Crippen LogP contribution in [0.1, 0.15) is 48.5 Å². The normalized spacial score (nSPS) is 16.1. The van der Waals surface area contributed by atoms with E-state index in [-0.39, 0.29) is 5.78 Å². The van der Waals surface area contributed by atoms with E-state index in [1.54, 1.807) is 0 Å². The van der Waals surface area contributed by atoms with Crippen molar-refractivity contribution < 1.29 is 14.3 Å². The van der Waals surface area contributed by atoms with Crippen molar-refractivity contribution in [2.24, 2.45) is 0 Å². The average molecular weight is 365 g/mol. The van der Waals surface area contributed by atoms with E-state index < -0.39 is 0 Å². The van der Waals surface area contributed by atoms with Crippen LogP contribution in [0, 0.1) is 0 Å². The van der Waals surface area contributed by atoms with Crippen LogP contribution in [-0.2, 0) is 0 Å². The third-order valence-corrected chi connectivity index (χ3v) is 5.42. The number of piperidine rings is 1. The van der Waals surface area contributed by atoms with E-state index in [1.165, 1.54) is 32.4 Å². The third kappa shape index (κ3) is 3.59. The number of rotatable bonds is 7. The van der Waals surface area contributed by atoms with Crippen LogP contribution in [0.2, 0.25) is 0 Å². The Hall–Kier alpha value is -2.33. The van der Waals surface area contributed by atoms with Gasteiger partial charge in [-0.25, -0.2) is 0 Å². The summed E-state index contributed by atoms with van der Waals surface area (Å²) >= 11 is 0. The number of carbonyl (C=O) groups excluding carboxylic acids is 1. The SMILES string of the molecule is CCOc1cccc2c1-c1c(OCCCN3CCCCC3)cccc1C2=O. The van der Waals surface area contributed by atoms with Crippen LogP contribution >= 0.6 is 0 Å². The molecule has 1 saturated heterocycles. The van der Waals surface area contributed by atoms with E-state index in [2.05, 4.69) is 4.90 Å². The van der Waals surface area contributed by atoms with Gasteiger partial charge in [0.15, 0.2) is 5.78 Å². The number of hydrogen-bond donors (Lipinski definition) is 0. The lowest BCUT2D eigenvalue weighted by Crippen LogP contribution is -2.31. The Morgan fingerprint density at radius 3 is 2.15 bits per heavy atom. The fourth-order valence-electron chi connectivity index (χ4n) is 4.15. The summed E-state index contributed by atoms with van der Waals surface area (Å²) in [6.07, 6.45) is 4.98. The Morgan fingerprint density at radius 1 is 0.889 bits per heavy atom. The summed E-state index contributed by atoms with van der Waals surface area (Å²) < 4.78 is 11.9. The van der Waals surface area contributed by atoms with Gasteiger partial charge in [-0.2, -0.15) is 0 Å². The minimum Gasteiger partial charge on any atom is -0.493 e. The lowest BCUT2D eigenvalue weighted by atomic mass is 10.0. The number of benzene rings is 2. The number of ether oxygens (including phenoxy) is 2. The molecule has 0 radical (unpaired) electrons. The monoisotopic (exact) mass is 365 g/mol. The van der Waals surface area contributed by atoms with Gasteiger partial charge >= 0.3 is 0 Å². The fraction of sp³-hybridized carbons (Fsp3) is 0.435. The van der Waals surface area contributed by atoms with Gasteiger partial charge in [-0.3, -0.25) is 4.79 Å². The molecule has 27 heavy (non-hydrogen) atoms. The van der Waals surface area contributed by atoms with Crippen molar-refractivity contribution >= 4 is 5.78 Å². The molecule has 4 nitrogen and oxygen atoms in total. The predicted molar refractivity (Wildman–Crippen MR) is 107 cm³/mol. The van der Waals surface area contributed by atoms with Gasteiger partial charge in [-0.15, -0.1) is 0 Å². The minimum atomic E-state index is 0.0559. The average Bonchev–Trinajstić information content (AvgIpc) is 3.01. The summed E-state index contributed by atoms with van der Waals surface area (Å²) in [6, 6.07) is 11.4. The van der Waals surface area contributed by atoms with E-state index in [4.69, 9.17) is 9.47 Å². The molecule has 2 aliphatic rings. The number of carbonyl (C=O) groups is 1. The Bertz CT molecular complexity index is 824.